The van der Waals surface area contributed by atoms with Crippen LogP contribution >= 0.6 is 0 Å². The standard InChI is InChI=1S/C42H35N3/c1-42(2)38-25-31(45(3)30-19-11-6-12-20-30)23-24-32(38)35-26-36-37(27-39(35)42)41(44-29-17-9-5-10-18-29)34-22-14-13-21-33(34)40(36)43-28-15-7-4-8-16-28/h4-27,43-44H,1-3H3. The number of hydrogen-bond acceptors (Lipinski definition) is 3. The van der Waals surface area contributed by atoms with Crippen LogP contribution in [0.3, 0.4) is 0 Å². The average molecular weight is 582 g/mol. The van der Waals surface area contributed by atoms with Crippen molar-refractivity contribution in [1.29, 1.82) is 0 Å². The van der Waals surface area contributed by atoms with Gasteiger partial charge in [0.05, 0.1) is 11.4 Å². The van der Waals surface area contributed by atoms with E-state index in [0.29, 0.717) is 0 Å². The van der Waals surface area contributed by atoms with Gasteiger partial charge in [-0.2, -0.15) is 0 Å². The Morgan fingerprint density at radius 2 is 0.933 bits per heavy atom. The van der Waals surface area contributed by atoms with E-state index in [9.17, 15) is 0 Å². The Hall–Kier alpha value is -5.54. The van der Waals surface area contributed by atoms with Gasteiger partial charge in [-0.3, -0.25) is 0 Å². The second-order valence-electron chi connectivity index (χ2n) is 12.5. The summed E-state index contributed by atoms with van der Waals surface area (Å²) < 4.78 is 0. The molecule has 1 aliphatic rings. The van der Waals surface area contributed by atoms with Crippen molar-refractivity contribution in [1.82, 2.24) is 0 Å². The van der Waals surface area contributed by atoms with Crippen LogP contribution in [0, 0.1) is 0 Å². The number of rotatable bonds is 6. The van der Waals surface area contributed by atoms with E-state index in [4.69, 9.17) is 0 Å². The highest BCUT2D eigenvalue weighted by Crippen LogP contribution is 2.53. The molecule has 3 nitrogen and oxygen atoms in total. The quantitative estimate of drug-likeness (QED) is 0.151. The van der Waals surface area contributed by atoms with Crippen LogP contribution in [0.15, 0.2) is 146 Å². The molecule has 0 saturated carbocycles. The molecular weight excluding hydrogens is 546 g/mol. The van der Waals surface area contributed by atoms with Crippen LogP contribution in [0.4, 0.5) is 34.1 Å². The van der Waals surface area contributed by atoms with Crippen molar-refractivity contribution in [3.05, 3.63) is 157 Å². The monoisotopic (exact) mass is 581 g/mol. The SMILES string of the molecule is CN(c1ccccc1)c1ccc2c(c1)C(C)(C)c1cc3c(Nc4ccccc4)c4ccccc4c(Nc4ccccc4)c3cc1-2. The van der Waals surface area contributed by atoms with E-state index in [-0.39, 0.29) is 5.41 Å². The Kier molecular flexibility index (Phi) is 6.35. The van der Waals surface area contributed by atoms with E-state index >= 15 is 0 Å². The lowest BCUT2D eigenvalue weighted by Gasteiger charge is -2.25. The lowest BCUT2D eigenvalue weighted by atomic mass is 9.81. The summed E-state index contributed by atoms with van der Waals surface area (Å²) in [6.07, 6.45) is 0. The summed E-state index contributed by atoms with van der Waals surface area (Å²) in [7, 11) is 2.15. The predicted molar refractivity (Wildman–Crippen MR) is 193 cm³/mol. The van der Waals surface area contributed by atoms with E-state index in [0.717, 1.165) is 22.7 Å². The molecule has 0 fully saturated rings. The summed E-state index contributed by atoms with van der Waals surface area (Å²) in [6, 6.07) is 52.1. The minimum Gasteiger partial charge on any atom is -0.355 e. The molecule has 1 aliphatic carbocycles. The van der Waals surface area contributed by atoms with Gasteiger partial charge in [0.15, 0.2) is 0 Å². The third-order valence-electron chi connectivity index (χ3n) is 9.42. The first-order valence-corrected chi connectivity index (χ1v) is 15.6. The number of nitrogens with one attached hydrogen (secondary N) is 2. The van der Waals surface area contributed by atoms with Gasteiger partial charge in [-0.1, -0.05) is 98.8 Å². The van der Waals surface area contributed by atoms with Gasteiger partial charge in [0.25, 0.3) is 0 Å². The topological polar surface area (TPSA) is 27.3 Å². The fourth-order valence-corrected chi connectivity index (χ4v) is 7.00. The Morgan fingerprint density at radius 3 is 1.51 bits per heavy atom. The molecule has 0 heterocycles. The van der Waals surface area contributed by atoms with Gasteiger partial charge in [0, 0.05) is 56.8 Å². The van der Waals surface area contributed by atoms with Crippen LogP contribution < -0.4 is 15.5 Å². The molecule has 45 heavy (non-hydrogen) atoms. The van der Waals surface area contributed by atoms with Gasteiger partial charge >= 0.3 is 0 Å². The van der Waals surface area contributed by atoms with Gasteiger partial charge in [0.2, 0.25) is 0 Å². The van der Waals surface area contributed by atoms with Crippen LogP contribution in [0.2, 0.25) is 0 Å². The Bertz CT molecular complexity index is 2190. The van der Waals surface area contributed by atoms with E-state index < -0.39 is 0 Å². The number of hydrogen-bond donors (Lipinski definition) is 2. The van der Waals surface area contributed by atoms with Gasteiger partial charge in [-0.05, 0) is 82.9 Å². The summed E-state index contributed by atoms with van der Waals surface area (Å²) >= 11 is 0. The maximum atomic E-state index is 3.83. The van der Waals surface area contributed by atoms with Crippen molar-refractivity contribution in [3.8, 4) is 11.1 Å². The largest absolute Gasteiger partial charge is 0.355 e. The molecule has 3 heteroatoms. The lowest BCUT2D eigenvalue weighted by molar-refractivity contribution is 0.661. The van der Waals surface area contributed by atoms with Gasteiger partial charge < -0.3 is 15.5 Å². The summed E-state index contributed by atoms with van der Waals surface area (Å²) in [5.41, 5.74) is 11.9. The van der Waals surface area contributed by atoms with Gasteiger partial charge in [-0.15, -0.1) is 0 Å². The molecule has 0 radical (unpaired) electrons. The number of fused-ring (bicyclic) bond motifs is 5. The van der Waals surface area contributed by atoms with Crippen LogP contribution in [0.5, 0.6) is 0 Å². The number of para-hydroxylation sites is 3. The smallest absolute Gasteiger partial charge is 0.0545 e. The summed E-state index contributed by atoms with van der Waals surface area (Å²) in [4.78, 5) is 2.27. The van der Waals surface area contributed by atoms with Crippen molar-refractivity contribution in [2.24, 2.45) is 0 Å². The zero-order chi connectivity index (χ0) is 30.5. The first kappa shape index (κ1) is 27.0. The van der Waals surface area contributed by atoms with Crippen molar-refractivity contribution in [3.63, 3.8) is 0 Å². The van der Waals surface area contributed by atoms with Crippen LogP contribution in [-0.2, 0) is 5.41 Å². The average Bonchev–Trinajstić information content (AvgIpc) is 3.31. The Morgan fingerprint density at radius 1 is 0.444 bits per heavy atom. The Labute approximate surface area is 264 Å². The van der Waals surface area contributed by atoms with Crippen LogP contribution in [0.1, 0.15) is 25.0 Å². The van der Waals surface area contributed by atoms with E-state index in [1.807, 2.05) is 0 Å². The summed E-state index contributed by atoms with van der Waals surface area (Å²) in [6.45, 7) is 4.73. The fourth-order valence-electron chi connectivity index (χ4n) is 7.00. The third kappa shape index (κ3) is 4.51. The molecule has 0 atom stereocenters. The molecule has 8 rings (SSSR count). The highest BCUT2D eigenvalue weighted by Gasteiger charge is 2.37. The molecule has 218 valence electrons. The molecule has 2 N–H and O–H groups in total. The van der Waals surface area contributed by atoms with Crippen molar-refractivity contribution in [2.45, 2.75) is 19.3 Å². The fraction of sp³-hybridized carbons (Fsp3) is 0.0952. The molecule has 0 spiro atoms. The normalized spacial score (nSPS) is 13.0. The summed E-state index contributed by atoms with van der Waals surface area (Å²) in [5.74, 6) is 0. The lowest BCUT2D eigenvalue weighted by Crippen LogP contribution is -2.16. The number of anilines is 6. The number of benzene rings is 7. The second kappa shape index (κ2) is 10.6. The van der Waals surface area contributed by atoms with E-state index in [1.54, 1.807) is 0 Å². The first-order chi connectivity index (χ1) is 22.0. The highest BCUT2D eigenvalue weighted by atomic mass is 15.1. The highest BCUT2D eigenvalue weighted by molar-refractivity contribution is 6.22. The number of nitrogens with zero attached hydrogens (tertiary/aromatic N) is 1. The van der Waals surface area contributed by atoms with Crippen LogP contribution in [0.25, 0.3) is 32.7 Å². The molecule has 7 aromatic carbocycles. The molecule has 0 aromatic heterocycles. The van der Waals surface area contributed by atoms with Gasteiger partial charge in [0.1, 0.15) is 0 Å². The minimum atomic E-state index is -0.172. The van der Waals surface area contributed by atoms with Gasteiger partial charge in [-0.25, -0.2) is 0 Å². The van der Waals surface area contributed by atoms with Crippen molar-refractivity contribution >= 4 is 55.7 Å². The molecule has 0 aliphatic heterocycles. The predicted octanol–water partition coefficient (Wildman–Crippen LogP) is 11.6. The molecule has 0 bridgehead atoms. The molecular formula is C42H35N3. The molecule has 7 aromatic rings. The van der Waals surface area contributed by atoms with Crippen molar-refractivity contribution in [2.75, 3.05) is 22.6 Å². The third-order valence-corrected chi connectivity index (χ3v) is 9.42. The molecule has 0 unspecified atom stereocenters. The zero-order valence-electron chi connectivity index (χ0n) is 25.8. The second-order valence-corrected chi connectivity index (χ2v) is 12.5. The van der Waals surface area contributed by atoms with Crippen LogP contribution in [-0.4, -0.2) is 7.05 Å². The zero-order valence-corrected chi connectivity index (χ0v) is 25.8. The van der Waals surface area contributed by atoms with E-state index in [2.05, 4.69) is 182 Å². The summed E-state index contributed by atoms with van der Waals surface area (Å²) in [5, 5.41) is 12.4. The maximum Gasteiger partial charge on any atom is 0.0545 e. The van der Waals surface area contributed by atoms with E-state index in [1.165, 1.54) is 55.2 Å². The molecule has 0 amide bonds. The molecule has 0 saturated heterocycles. The maximum absolute atomic E-state index is 3.83. The Balaban J connectivity index is 1.38. The minimum absolute atomic E-state index is 0.172. The van der Waals surface area contributed by atoms with Crippen molar-refractivity contribution < 1.29 is 0 Å². The first-order valence-electron chi connectivity index (χ1n) is 15.6.